The molecule has 0 N–H and O–H groups in total. The highest BCUT2D eigenvalue weighted by atomic mass is 28.2. The maximum atomic E-state index is 14.2. The van der Waals surface area contributed by atoms with Gasteiger partial charge in [0.05, 0.1) is 28.6 Å². The van der Waals surface area contributed by atoms with Gasteiger partial charge < -0.3 is 0 Å². The van der Waals surface area contributed by atoms with Crippen LogP contribution in [0.4, 0.5) is 0 Å². The molecule has 0 aliphatic heterocycles. The predicted octanol–water partition coefficient (Wildman–Crippen LogP) is 10.6. The molecule has 300 valence electrons. The molecule has 0 aromatic carbocycles. The minimum Gasteiger partial charge on any atom is -0.249 e. The van der Waals surface area contributed by atoms with Crippen LogP contribution in [0.25, 0.3) is 0 Å². The normalized spacial score (nSPS) is 14.7. The van der Waals surface area contributed by atoms with Crippen LogP contribution >= 0.6 is 0 Å². The second-order valence-electron chi connectivity index (χ2n) is 15.2. The van der Waals surface area contributed by atoms with Gasteiger partial charge in [0.25, 0.3) is 0 Å². The molecule has 0 spiro atoms. The van der Waals surface area contributed by atoms with Gasteiger partial charge in [-0.05, 0) is 92.2 Å². The molecule has 0 saturated carbocycles. The van der Waals surface area contributed by atoms with E-state index < -0.39 is 17.1 Å². The van der Waals surface area contributed by atoms with E-state index in [0.29, 0.717) is 81.4 Å². The van der Waals surface area contributed by atoms with Gasteiger partial charge in [0.15, 0.2) is 0 Å². The Balaban J connectivity index is 3.60. The molecule has 6 radical (unpaired) electrons. The number of hydrogen-bond donors (Lipinski definition) is 0. The first kappa shape index (κ1) is 49.5. The van der Waals surface area contributed by atoms with Gasteiger partial charge in [0, 0.05) is 18.5 Å². The largest absolute Gasteiger partial charge is 0.335 e. The molecule has 9 heteroatoms. The lowest BCUT2D eigenvalue weighted by atomic mass is 9.92. The fraction of sp³-hybridized carbons (Fsp3) is 0.667. The summed E-state index contributed by atoms with van der Waals surface area (Å²) in [5.74, 6) is 1.58. The molecular weight excluding hydrogens is 715 g/mol. The lowest BCUT2D eigenvalue weighted by Crippen LogP contribution is -2.56. The van der Waals surface area contributed by atoms with E-state index in [1.807, 2.05) is 36.5 Å². The van der Waals surface area contributed by atoms with Crippen LogP contribution < -0.4 is 17.1 Å². The number of nitrogens with zero attached hydrogens (tertiary/aromatic N) is 3. The zero-order valence-corrected chi connectivity index (χ0v) is 37.6. The molecule has 6 unspecified atom stereocenters. The van der Waals surface area contributed by atoms with Crippen LogP contribution in [0.2, 0.25) is 16.6 Å². The minimum absolute atomic E-state index is 0.317. The number of aromatic nitrogens is 3. The molecule has 0 amide bonds. The number of allylic oxidation sites excluding steroid dienone is 6. The predicted molar refractivity (Wildman–Crippen MR) is 240 cm³/mol. The third-order valence-electron chi connectivity index (χ3n) is 10.6. The van der Waals surface area contributed by atoms with Crippen molar-refractivity contribution in [2.75, 3.05) is 0 Å². The Bertz CT molecular complexity index is 1220. The molecule has 1 heterocycles. The zero-order valence-electron chi connectivity index (χ0n) is 34.6. The molecule has 1 rings (SSSR count). The summed E-state index contributed by atoms with van der Waals surface area (Å²) in [7, 11) is 1.10. The molecule has 6 nitrogen and oxygen atoms in total. The van der Waals surface area contributed by atoms with Crippen molar-refractivity contribution in [3.8, 4) is 0 Å². The van der Waals surface area contributed by atoms with Crippen molar-refractivity contribution >= 4 is 28.6 Å². The second kappa shape index (κ2) is 30.7. The number of unbranched alkanes of at least 4 members (excludes halogenated alkanes) is 3. The monoisotopic (exact) mass is 790 g/mol. The fourth-order valence-corrected chi connectivity index (χ4v) is 12.2. The van der Waals surface area contributed by atoms with Gasteiger partial charge in [-0.25, -0.2) is 28.1 Å². The van der Waals surface area contributed by atoms with Gasteiger partial charge in [-0.3, -0.25) is 0 Å². The molecule has 0 aliphatic rings. The van der Waals surface area contributed by atoms with Crippen LogP contribution in [-0.4, -0.2) is 42.3 Å². The van der Waals surface area contributed by atoms with E-state index in [9.17, 15) is 14.4 Å². The van der Waals surface area contributed by atoms with Crippen molar-refractivity contribution in [2.45, 2.75) is 171 Å². The van der Waals surface area contributed by atoms with E-state index in [2.05, 4.69) is 60.2 Å². The summed E-state index contributed by atoms with van der Waals surface area (Å²) >= 11 is 0. The first-order valence-electron chi connectivity index (χ1n) is 21.0. The summed E-state index contributed by atoms with van der Waals surface area (Å²) in [6, 6.07) is 0. The summed E-state index contributed by atoms with van der Waals surface area (Å²) in [4.78, 5) is 42.7. The minimum atomic E-state index is -0.463. The van der Waals surface area contributed by atoms with E-state index in [4.69, 9.17) is 0 Å². The van der Waals surface area contributed by atoms with Crippen molar-refractivity contribution in [2.24, 2.45) is 17.8 Å². The molecule has 0 aliphatic carbocycles. The highest BCUT2D eigenvalue weighted by Crippen LogP contribution is 2.30. The molecule has 0 fully saturated rings. The van der Waals surface area contributed by atoms with E-state index >= 15 is 0 Å². The maximum absolute atomic E-state index is 14.2. The van der Waals surface area contributed by atoms with Gasteiger partial charge in [0.2, 0.25) is 0 Å². The lowest BCUT2D eigenvalue weighted by Gasteiger charge is -2.24. The van der Waals surface area contributed by atoms with Crippen molar-refractivity contribution in [1.82, 2.24) is 13.7 Å². The van der Waals surface area contributed by atoms with E-state index in [1.165, 1.54) is 33.0 Å². The highest BCUT2D eigenvalue weighted by molar-refractivity contribution is 6.37. The van der Waals surface area contributed by atoms with Crippen LogP contribution in [-0.2, 0) is 18.5 Å². The molecule has 0 saturated heterocycles. The Morgan fingerprint density at radius 3 is 0.889 bits per heavy atom. The molecule has 1 aromatic heterocycles. The Kier molecular flexibility index (Phi) is 28.1. The first-order valence-corrected chi connectivity index (χ1v) is 24.8. The Labute approximate surface area is 337 Å². The Morgan fingerprint density at radius 1 is 0.444 bits per heavy atom. The summed E-state index contributed by atoms with van der Waals surface area (Å²) < 4.78 is 4.15. The highest BCUT2D eigenvalue weighted by Gasteiger charge is 2.23. The van der Waals surface area contributed by atoms with E-state index in [1.54, 1.807) is 0 Å². The quantitative estimate of drug-likeness (QED) is 0.0502. The lowest BCUT2D eigenvalue weighted by molar-refractivity contribution is 0.422. The average molecular weight is 790 g/mol. The fourth-order valence-electron chi connectivity index (χ4n) is 7.53. The van der Waals surface area contributed by atoms with Crippen LogP contribution in [0.5, 0.6) is 0 Å². The first-order chi connectivity index (χ1) is 26.2. The van der Waals surface area contributed by atoms with Crippen LogP contribution in [0.1, 0.15) is 136 Å². The Hall–Kier alpha value is -2.50. The Morgan fingerprint density at radius 2 is 0.685 bits per heavy atom. The third kappa shape index (κ3) is 18.9. The summed E-state index contributed by atoms with van der Waals surface area (Å²) in [5, 5.41) is 0. The molecule has 1 aromatic rings. The molecule has 6 atom stereocenters. The number of rotatable bonds is 36. The van der Waals surface area contributed by atoms with E-state index in [0.717, 1.165) is 96.3 Å². The van der Waals surface area contributed by atoms with E-state index in [-0.39, 0.29) is 0 Å². The van der Waals surface area contributed by atoms with Gasteiger partial charge >= 0.3 is 17.1 Å². The van der Waals surface area contributed by atoms with Crippen LogP contribution in [0.3, 0.4) is 0 Å². The van der Waals surface area contributed by atoms with Gasteiger partial charge in [-0.1, -0.05) is 115 Å². The van der Waals surface area contributed by atoms with Gasteiger partial charge in [-0.2, -0.15) is 0 Å². The van der Waals surface area contributed by atoms with Gasteiger partial charge in [0.1, 0.15) is 0 Å². The number of hydrogen-bond acceptors (Lipinski definition) is 3. The van der Waals surface area contributed by atoms with Crippen molar-refractivity contribution in [3.63, 3.8) is 0 Å². The van der Waals surface area contributed by atoms with Crippen molar-refractivity contribution in [1.29, 1.82) is 0 Å². The SMILES string of the molecule is C=CCC(CCCC)CC(CC=C)[Si]Cn1c(=O)n(C[Si]C(CC=C)CC(CC=C)CCCC)c(=O)n(C[Si]C(CC=C)CC(CC=C)CCCC)c1=O. The summed E-state index contributed by atoms with van der Waals surface area (Å²) in [6.07, 6.45) is 31.8. The standard InChI is InChI=1S/C45H75N3O3Si3/c1-10-19-28-37(22-13-4)31-40(25-16-7)52-34-46-43(49)47(35-53-41(26-17-8)32-38(23-14-5)29-20-11-2)45(51)48(44(46)50)36-54-42(27-18-9)33-39(24-15-6)30-21-12-3/h13-18,37-42H,4-12,19-36H2,1-3H3. The van der Waals surface area contributed by atoms with Crippen molar-refractivity contribution in [3.05, 3.63) is 107 Å². The topological polar surface area (TPSA) is 66.0 Å². The van der Waals surface area contributed by atoms with Crippen LogP contribution in [0.15, 0.2) is 90.3 Å². The average Bonchev–Trinajstić information content (AvgIpc) is 3.15. The molecular formula is C45H75N3O3Si3. The molecule has 54 heavy (non-hydrogen) atoms. The maximum Gasteiger partial charge on any atom is 0.335 e. The second-order valence-corrected chi connectivity index (χ2v) is 19.8. The van der Waals surface area contributed by atoms with Gasteiger partial charge in [-0.15, -0.1) is 39.5 Å². The van der Waals surface area contributed by atoms with Crippen LogP contribution in [0, 0.1) is 17.8 Å². The third-order valence-corrected chi connectivity index (χ3v) is 15.2. The van der Waals surface area contributed by atoms with Crippen molar-refractivity contribution < 1.29 is 0 Å². The summed E-state index contributed by atoms with van der Waals surface area (Å²) in [5.41, 5.74) is -0.440. The zero-order chi connectivity index (χ0) is 40.1. The smallest absolute Gasteiger partial charge is 0.249 e. The summed E-state index contributed by atoms with van der Waals surface area (Å²) in [6.45, 7) is 30.8. The molecule has 0 bridgehead atoms.